The maximum atomic E-state index is 11.7. The largest absolute Gasteiger partial charge is 0.329 e. The van der Waals surface area contributed by atoms with Crippen molar-refractivity contribution < 1.29 is 9.59 Å². The van der Waals surface area contributed by atoms with Crippen molar-refractivity contribution in [2.45, 2.75) is 19.9 Å². The second kappa shape index (κ2) is 3.96. The van der Waals surface area contributed by atoms with Gasteiger partial charge in [0.2, 0.25) is 0 Å². The number of carbonyl (C=O) groups excluding carboxylic acids is 2. The minimum absolute atomic E-state index is 0.126. The lowest BCUT2D eigenvalue weighted by atomic mass is 10.0. The van der Waals surface area contributed by atoms with Crippen LogP contribution < -0.4 is 5.73 Å². The smallest absolute Gasteiger partial charge is 0.327 e. The van der Waals surface area contributed by atoms with Crippen LogP contribution >= 0.6 is 0 Å². The monoisotopic (exact) mass is 199 g/mol. The van der Waals surface area contributed by atoms with E-state index in [0.29, 0.717) is 13.1 Å². The van der Waals surface area contributed by atoms with Crippen molar-refractivity contribution in [2.75, 3.05) is 20.1 Å². The molecular formula is C9H17N3O2. The van der Waals surface area contributed by atoms with Crippen LogP contribution in [0.2, 0.25) is 0 Å². The molecule has 1 heterocycles. The van der Waals surface area contributed by atoms with Crippen LogP contribution in [0, 0.1) is 5.92 Å². The first-order valence-corrected chi connectivity index (χ1v) is 4.79. The molecular weight excluding hydrogens is 182 g/mol. The Kier molecular flexibility index (Phi) is 3.10. The van der Waals surface area contributed by atoms with Gasteiger partial charge >= 0.3 is 6.03 Å². The minimum Gasteiger partial charge on any atom is -0.329 e. The standard InChI is InChI=1S/C9H17N3O2/c1-6(2)7-8(13)11(3)9(14)12(7)5-4-10/h6-7H,4-5,10H2,1-3H3. The number of nitrogens with zero attached hydrogens (tertiary/aromatic N) is 2. The van der Waals surface area contributed by atoms with E-state index in [4.69, 9.17) is 5.73 Å². The van der Waals surface area contributed by atoms with E-state index in [2.05, 4.69) is 0 Å². The van der Waals surface area contributed by atoms with E-state index in [-0.39, 0.29) is 23.9 Å². The summed E-state index contributed by atoms with van der Waals surface area (Å²) in [6, 6.07) is -0.574. The molecule has 0 aromatic rings. The number of nitrogens with two attached hydrogens (primary N) is 1. The summed E-state index contributed by atoms with van der Waals surface area (Å²) in [7, 11) is 1.51. The van der Waals surface area contributed by atoms with Gasteiger partial charge in [-0.1, -0.05) is 13.8 Å². The van der Waals surface area contributed by atoms with Gasteiger partial charge in [0.15, 0.2) is 0 Å². The number of hydrogen-bond acceptors (Lipinski definition) is 3. The van der Waals surface area contributed by atoms with Crippen molar-refractivity contribution in [3.05, 3.63) is 0 Å². The van der Waals surface area contributed by atoms with Gasteiger partial charge in [-0.3, -0.25) is 9.69 Å². The molecule has 1 atom stereocenters. The van der Waals surface area contributed by atoms with E-state index in [1.807, 2.05) is 13.8 Å². The van der Waals surface area contributed by atoms with E-state index < -0.39 is 0 Å². The van der Waals surface area contributed by atoms with Gasteiger partial charge in [0, 0.05) is 20.1 Å². The Bertz CT molecular complexity index is 252. The number of imide groups is 1. The summed E-state index contributed by atoms with van der Waals surface area (Å²) in [5.41, 5.74) is 5.40. The fourth-order valence-corrected chi connectivity index (χ4v) is 1.76. The lowest BCUT2D eigenvalue weighted by Gasteiger charge is -2.23. The first-order valence-electron chi connectivity index (χ1n) is 4.79. The molecule has 1 aliphatic heterocycles. The van der Waals surface area contributed by atoms with Gasteiger partial charge < -0.3 is 10.6 Å². The molecule has 2 N–H and O–H groups in total. The number of hydrogen-bond donors (Lipinski definition) is 1. The van der Waals surface area contributed by atoms with Crippen LogP contribution in [0.5, 0.6) is 0 Å². The molecule has 1 unspecified atom stereocenters. The first-order chi connectivity index (χ1) is 6.50. The highest BCUT2D eigenvalue weighted by molar-refractivity contribution is 6.04. The van der Waals surface area contributed by atoms with Crippen LogP contribution in [0.15, 0.2) is 0 Å². The Morgan fingerprint density at radius 1 is 1.43 bits per heavy atom. The normalized spacial score (nSPS) is 22.8. The Hall–Kier alpha value is -1.10. The van der Waals surface area contributed by atoms with Crippen LogP contribution in [0.25, 0.3) is 0 Å². The third kappa shape index (κ3) is 1.59. The van der Waals surface area contributed by atoms with Gasteiger partial charge in [-0.25, -0.2) is 4.79 Å². The molecule has 0 saturated carbocycles. The molecule has 0 spiro atoms. The van der Waals surface area contributed by atoms with Crippen LogP contribution in [0.3, 0.4) is 0 Å². The molecule has 0 aromatic carbocycles. The number of amides is 3. The fourth-order valence-electron chi connectivity index (χ4n) is 1.76. The highest BCUT2D eigenvalue weighted by Gasteiger charge is 2.43. The second-order valence-electron chi connectivity index (χ2n) is 3.85. The Labute approximate surface area is 83.8 Å². The number of likely N-dealkylation sites (N-methyl/N-ethyl adjacent to an activating group) is 1. The Morgan fingerprint density at radius 3 is 2.43 bits per heavy atom. The summed E-state index contributed by atoms with van der Waals surface area (Å²) in [5.74, 6) is 0.00130. The van der Waals surface area contributed by atoms with Crippen molar-refractivity contribution >= 4 is 11.9 Å². The SMILES string of the molecule is CC(C)C1C(=O)N(C)C(=O)N1CCN. The van der Waals surface area contributed by atoms with Crippen LogP contribution in [-0.2, 0) is 4.79 Å². The third-order valence-corrected chi connectivity index (χ3v) is 2.45. The highest BCUT2D eigenvalue weighted by atomic mass is 16.2. The predicted molar refractivity (Wildman–Crippen MR) is 52.6 cm³/mol. The summed E-state index contributed by atoms with van der Waals surface area (Å²) in [5, 5.41) is 0. The summed E-state index contributed by atoms with van der Waals surface area (Å²) < 4.78 is 0. The zero-order valence-electron chi connectivity index (χ0n) is 8.86. The van der Waals surface area contributed by atoms with Gasteiger partial charge in [0.1, 0.15) is 6.04 Å². The summed E-state index contributed by atoms with van der Waals surface area (Å²) in [6.07, 6.45) is 0. The highest BCUT2D eigenvalue weighted by Crippen LogP contribution is 2.21. The Morgan fingerprint density at radius 2 is 2.00 bits per heavy atom. The lowest BCUT2D eigenvalue weighted by Crippen LogP contribution is -2.41. The molecule has 1 fully saturated rings. The number of carbonyl (C=O) groups is 2. The van der Waals surface area contributed by atoms with Crippen molar-refractivity contribution in [2.24, 2.45) is 11.7 Å². The van der Waals surface area contributed by atoms with E-state index in [9.17, 15) is 9.59 Å². The van der Waals surface area contributed by atoms with Gasteiger partial charge in [0.05, 0.1) is 0 Å². The molecule has 0 aliphatic carbocycles. The number of urea groups is 1. The zero-order valence-corrected chi connectivity index (χ0v) is 8.86. The molecule has 14 heavy (non-hydrogen) atoms. The molecule has 80 valence electrons. The zero-order chi connectivity index (χ0) is 10.9. The molecule has 3 amide bonds. The Balaban J connectivity index is 2.89. The maximum absolute atomic E-state index is 11.7. The quantitative estimate of drug-likeness (QED) is 0.643. The van der Waals surface area contributed by atoms with Gasteiger partial charge in [-0.15, -0.1) is 0 Å². The first kappa shape index (κ1) is 11.0. The van der Waals surface area contributed by atoms with Gasteiger partial charge in [-0.2, -0.15) is 0 Å². The van der Waals surface area contributed by atoms with E-state index >= 15 is 0 Å². The van der Waals surface area contributed by atoms with Crippen molar-refractivity contribution in [1.82, 2.24) is 9.80 Å². The molecule has 1 rings (SSSR count). The van der Waals surface area contributed by atoms with E-state index in [1.54, 1.807) is 4.90 Å². The summed E-state index contributed by atoms with van der Waals surface area (Å²) in [6.45, 7) is 4.69. The van der Waals surface area contributed by atoms with Crippen LogP contribution in [0.1, 0.15) is 13.8 Å². The lowest BCUT2D eigenvalue weighted by molar-refractivity contribution is -0.128. The topological polar surface area (TPSA) is 66.6 Å². The van der Waals surface area contributed by atoms with Crippen LogP contribution in [-0.4, -0.2) is 47.9 Å². The van der Waals surface area contributed by atoms with Crippen LogP contribution in [0.4, 0.5) is 4.79 Å². The van der Waals surface area contributed by atoms with Gasteiger partial charge in [-0.05, 0) is 5.92 Å². The molecule has 0 bridgehead atoms. The average Bonchev–Trinajstić information content (AvgIpc) is 2.32. The third-order valence-electron chi connectivity index (χ3n) is 2.45. The summed E-state index contributed by atoms with van der Waals surface area (Å²) >= 11 is 0. The molecule has 5 nitrogen and oxygen atoms in total. The maximum Gasteiger partial charge on any atom is 0.327 e. The number of rotatable bonds is 3. The molecule has 0 aromatic heterocycles. The predicted octanol–water partition coefficient (Wildman–Crippen LogP) is -0.136. The molecule has 1 aliphatic rings. The average molecular weight is 199 g/mol. The van der Waals surface area contributed by atoms with Crippen molar-refractivity contribution in [3.63, 3.8) is 0 Å². The van der Waals surface area contributed by atoms with Crippen molar-refractivity contribution in [3.8, 4) is 0 Å². The van der Waals surface area contributed by atoms with E-state index in [0.717, 1.165) is 0 Å². The fraction of sp³-hybridized carbons (Fsp3) is 0.778. The summed E-state index contributed by atoms with van der Waals surface area (Å²) in [4.78, 5) is 26.0. The molecule has 0 radical (unpaired) electrons. The molecule has 5 heteroatoms. The van der Waals surface area contributed by atoms with E-state index in [1.165, 1.54) is 11.9 Å². The second-order valence-corrected chi connectivity index (χ2v) is 3.85. The minimum atomic E-state index is -0.337. The molecule has 1 saturated heterocycles. The van der Waals surface area contributed by atoms with Gasteiger partial charge in [0.25, 0.3) is 5.91 Å². The van der Waals surface area contributed by atoms with Crippen molar-refractivity contribution in [1.29, 1.82) is 0 Å².